The van der Waals surface area contributed by atoms with Crippen LogP contribution in [-0.2, 0) is 24.5 Å². The third-order valence-corrected chi connectivity index (χ3v) is 6.92. The van der Waals surface area contributed by atoms with Gasteiger partial charge < -0.3 is 9.47 Å². The Morgan fingerprint density at radius 1 is 0.692 bits per heavy atom. The van der Waals surface area contributed by atoms with Crippen molar-refractivity contribution in [1.29, 1.82) is 0 Å². The van der Waals surface area contributed by atoms with Crippen LogP contribution in [0.5, 0.6) is 11.5 Å². The number of ketones is 1. The lowest BCUT2D eigenvalue weighted by Crippen LogP contribution is -2.24. The summed E-state index contributed by atoms with van der Waals surface area (Å²) < 4.78 is 59.0. The molecule has 0 atom stereocenters. The van der Waals surface area contributed by atoms with Crippen LogP contribution in [0.4, 0.5) is 0 Å². The molecular formula is C17H18O7S2. The number of benzene rings is 2. The maximum absolute atomic E-state index is 12.3. The highest BCUT2D eigenvalue weighted by Crippen LogP contribution is 2.19. The average molecular weight is 398 g/mol. The third-order valence-electron chi connectivity index (χ3n) is 3.54. The lowest BCUT2D eigenvalue weighted by Gasteiger charge is -2.07. The number of hydrogen-bond acceptors (Lipinski definition) is 7. The van der Waals surface area contributed by atoms with E-state index in [0.717, 1.165) is 0 Å². The molecule has 0 fully saturated rings. The fraction of sp³-hybridized carbons (Fsp3) is 0.235. The molecule has 0 bridgehead atoms. The van der Waals surface area contributed by atoms with Crippen LogP contribution in [0.3, 0.4) is 0 Å². The molecule has 0 aliphatic carbocycles. The van der Waals surface area contributed by atoms with Crippen LogP contribution in [0.1, 0.15) is 0 Å². The Morgan fingerprint density at radius 2 is 1.00 bits per heavy atom. The van der Waals surface area contributed by atoms with Crippen LogP contribution < -0.4 is 9.47 Å². The summed E-state index contributed by atoms with van der Waals surface area (Å²) in [7, 11) is -5.00. The molecule has 0 N–H and O–H groups in total. The monoisotopic (exact) mass is 398 g/mol. The number of methoxy groups -OCH3 is 2. The van der Waals surface area contributed by atoms with Crippen LogP contribution in [0.25, 0.3) is 0 Å². The summed E-state index contributed by atoms with van der Waals surface area (Å²) >= 11 is 0. The molecule has 2 aromatic rings. The van der Waals surface area contributed by atoms with Gasteiger partial charge in [0.05, 0.1) is 24.0 Å². The van der Waals surface area contributed by atoms with E-state index in [4.69, 9.17) is 9.47 Å². The number of carbonyl (C=O) groups excluding carboxylic acids is 1. The summed E-state index contributed by atoms with van der Waals surface area (Å²) in [5, 5.41) is 0. The topological polar surface area (TPSA) is 104 Å². The van der Waals surface area contributed by atoms with E-state index in [1.165, 1.54) is 62.8 Å². The van der Waals surface area contributed by atoms with Gasteiger partial charge >= 0.3 is 0 Å². The molecule has 0 saturated carbocycles. The molecule has 0 spiro atoms. The Kier molecular flexibility index (Phi) is 6.04. The van der Waals surface area contributed by atoms with Crippen molar-refractivity contribution in [3.8, 4) is 11.5 Å². The van der Waals surface area contributed by atoms with Crippen LogP contribution in [0.15, 0.2) is 58.3 Å². The van der Waals surface area contributed by atoms with E-state index in [-0.39, 0.29) is 9.79 Å². The van der Waals surface area contributed by atoms with E-state index in [9.17, 15) is 21.6 Å². The average Bonchev–Trinajstić information content (AvgIpc) is 2.60. The second kappa shape index (κ2) is 7.88. The normalized spacial score (nSPS) is 11.8. The van der Waals surface area contributed by atoms with E-state index in [1.54, 1.807) is 0 Å². The van der Waals surface area contributed by atoms with Crippen LogP contribution >= 0.6 is 0 Å². The first-order valence-electron chi connectivity index (χ1n) is 7.43. The molecule has 0 heterocycles. The van der Waals surface area contributed by atoms with Gasteiger partial charge in [-0.1, -0.05) is 0 Å². The van der Waals surface area contributed by atoms with E-state index in [0.29, 0.717) is 11.5 Å². The van der Waals surface area contributed by atoms with E-state index in [2.05, 4.69) is 0 Å². The molecule has 0 saturated heterocycles. The highest BCUT2D eigenvalue weighted by molar-refractivity contribution is 7.93. The van der Waals surface area contributed by atoms with Crippen molar-refractivity contribution in [2.24, 2.45) is 0 Å². The van der Waals surface area contributed by atoms with Crippen molar-refractivity contribution in [2.75, 3.05) is 25.7 Å². The number of rotatable bonds is 8. The van der Waals surface area contributed by atoms with Gasteiger partial charge in [0.25, 0.3) is 0 Å². The quantitative estimate of drug-likeness (QED) is 0.664. The van der Waals surface area contributed by atoms with E-state index in [1.807, 2.05) is 0 Å². The van der Waals surface area contributed by atoms with Crippen molar-refractivity contribution < 1.29 is 31.1 Å². The number of sulfone groups is 2. The van der Waals surface area contributed by atoms with Gasteiger partial charge in [0.1, 0.15) is 23.0 Å². The van der Waals surface area contributed by atoms with Gasteiger partial charge in [-0.25, -0.2) is 16.8 Å². The molecule has 0 radical (unpaired) electrons. The van der Waals surface area contributed by atoms with Gasteiger partial charge in [0.2, 0.25) is 0 Å². The number of ether oxygens (including phenoxy) is 2. The zero-order chi connectivity index (χ0) is 19.4. The maximum atomic E-state index is 12.3. The molecule has 0 aliphatic rings. The van der Waals surface area contributed by atoms with E-state index < -0.39 is 37.0 Å². The molecule has 0 aromatic heterocycles. The number of carbonyl (C=O) groups is 1. The Balaban J connectivity index is 2.12. The zero-order valence-corrected chi connectivity index (χ0v) is 15.8. The standard InChI is InChI=1S/C17H18O7S2/c1-23-14-3-7-16(8-4-14)25(19,20)11-13(18)12-26(21,22)17-9-5-15(24-2)6-10-17/h3-10H,11-12H2,1-2H3. The van der Waals surface area contributed by atoms with Crippen molar-refractivity contribution in [1.82, 2.24) is 0 Å². The lowest BCUT2D eigenvalue weighted by atomic mass is 10.3. The summed E-state index contributed by atoms with van der Waals surface area (Å²) in [6.45, 7) is 0. The smallest absolute Gasteiger partial charge is 0.185 e. The number of hydrogen-bond donors (Lipinski definition) is 0. The first kappa shape index (κ1) is 19.9. The molecule has 2 aromatic carbocycles. The first-order valence-corrected chi connectivity index (χ1v) is 10.7. The summed E-state index contributed by atoms with van der Waals surface area (Å²) in [5.41, 5.74) is 0. The van der Waals surface area contributed by atoms with Crippen molar-refractivity contribution >= 4 is 25.5 Å². The van der Waals surface area contributed by atoms with Crippen LogP contribution in [0, 0.1) is 0 Å². The second-order valence-corrected chi connectivity index (χ2v) is 9.39. The van der Waals surface area contributed by atoms with Crippen molar-refractivity contribution in [3.63, 3.8) is 0 Å². The molecule has 26 heavy (non-hydrogen) atoms. The van der Waals surface area contributed by atoms with Gasteiger partial charge in [0.15, 0.2) is 25.5 Å². The molecule has 0 unspecified atom stereocenters. The predicted molar refractivity (Wildman–Crippen MR) is 95.1 cm³/mol. The fourth-order valence-electron chi connectivity index (χ4n) is 2.20. The fourth-order valence-corrected chi connectivity index (χ4v) is 4.81. The predicted octanol–water partition coefficient (Wildman–Crippen LogP) is 1.52. The minimum Gasteiger partial charge on any atom is -0.497 e. The highest BCUT2D eigenvalue weighted by Gasteiger charge is 2.25. The second-order valence-electron chi connectivity index (χ2n) is 5.41. The summed E-state index contributed by atoms with van der Waals surface area (Å²) in [4.78, 5) is 11.9. The molecule has 2 rings (SSSR count). The molecule has 9 heteroatoms. The highest BCUT2D eigenvalue weighted by atomic mass is 32.2. The Hall–Kier alpha value is -2.39. The lowest BCUT2D eigenvalue weighted by molar-refractivity contribution is -0.114. The van der Waals surface area contributed by atoms with Crippen LogP contribution in [0.2, 0.25) is 0 Å². The third kappa shape index (κ3) is 4.83. The molecule has 140 valence electrons. The first-order chi connectivity index (χ1) is 12.2. The van der Waals surface area contributed by atoms with Crippen molar-refractivity contribution in [3.05, 3.63) is 48.5 Å². The Bertz CT molecular complexity index is 893. The van der Waals surface area contributed by atoms with Crippen LogP contribution in [-0.4, -0.2) is 48.3 Å². The largest absolute Gasteiger partial charge is 0.497 e. The Labute approximate surface area is 152 Å². The minimum absolute atomic E-state index is 0.0755. The maximum Gasteiger partial charge on any atom is 0.185 e. The summed E-state index contributed by atoms with van der Waals surface area (Å²) in [6.07, 6.45) is 0. The molecule has 0 amide bonds. The van der Waals surface area contributed by atoms with E-state index >= 15 is 0 Å². The van der Waals surface area contributed by atoms with Gasteiger partial charge in [0, 0.05) is 0 Å². The SMILES string of the molecule is COc1ccc(S(=O)(=O)CC(=O)CS(=O)(=O)c2ccc(OC)cc2)cc1. The number of Topliss-reactive ketones (excluding diaryl/α,β-unsaturated/α-hetero) is 1. The van der Waals surface area contributed by atoms with Crippen molar-refractivity contribution in [2.45, 2.75) is 9.79 Å². The van der Waals surface area contributed by atoms with Gasteiger partial charge in [-0.3, -0.25) is 4.79 Å². The molecular weight excluding hydrogens is 380 g/mol. The van der Waals surface area contributed by atoms with Gasteiger partial charge in [-0.05, 0) is 48.5 Å². The molecule has 7 nitrogen and oxygen atoms in total. The van der Waals surface area contributed by atoms with Gasteiger partial charge in [-0.15, -0.1) is 0 Å². The summed E-state index contributed by atoms with van der Waals surface area (Å²) in [6, 6.07) is 11.0. The minimum atomic E-state index is -3.94. The summed E-state index contributed by atoms with van der Waals surface area (Å²) in [5.74, 6) is -1.75. The zero-order valence-electron chi connectivity index (χ0n) is 14.2. The Morgan fingerprint density at radius 3 is 1.27 bits per heavy atom. The van der Waals surface area contributed by atoms with Gasteiger partial charge in [-0.2, -0.15) is 0 Å². The molecule has 0 aliphatic heterocycles.